The van der Waals surface area contributed by atoms with E-state index in [4.69, 9.17) is 4.74 Å². The summed E-state index contributed by atoms with van der Waals surface area (Å²) in [6.07, 6.45) is 5.71. The molecule has 2 aliphatic rings. The number of carbonyl (C=O) groups excluding carboxylic acids is 2. The number of ether oxygens (including phenoxy) is 1. The Balaban J connectivity index is 1.30. The quantitative estimate of drug-likeness (QED) is 0.562. The number of carbonyl (C=O) groups is 2. The third kappa shape index (κ3) is 5.50. The Kier molecular flexibility index (Phi) is 7.68. The lowest BCUT2D eigenvalue weighted by Gasteiger charge is -2.33. The first-order chi connectivity index (χ1) is 16.4. The number of likely N-dealkylation sites (N-methyl/N-ethyl adjacent to an activating group) is 1. The Morgan fingerprint density at radius 1 is 1.00 bits per heavy atom. The van der Waals surface area contributed by atoms with Gasteiger partial charge in [0.15, 0.2) is 6.61 Å². The molecule has 7 nitrogen and oxygen atoms in total. The van der Waals surface area contributed by atoms with Crippen LogP contribution in [0, 0.1) is 0 Å². The maximum atomic E-state index is 12.8. The van der Waals surface area contributed by atoms with Crippen molar-refractivity contribution >= 4 is 21.9 Å². The van der Waals surface area contributed by atoms with Crippen LogP contribution in [0.4, 0.5) is 0 Å². The molecule has 2 aromatic rings. The number of amides is 1. The number of benzene rings is 2. The second-order valence-electron chi connectivity index (χ2n) is 9.06. The summed E-state index contributed by atoms with van der Waals surface area (Å²) in [4.78, 5) is 26.9. The van der Waals surface area contributed by atoms with Crippen molar-refractivity contribution in [2.75, 3.05) is 26.7 Å². The predicted molar refractivity (Wildman–Crippen MR) is 129 cm³/mol. The van der Waals surface area contributed by atoms with Crippen molar-refractivity contribution in [1.82, 2.24) is 9.21 Å². The maximum Gasteiger partial charge on any atom is 0.310 e. The van der Waals surface area contributed by atoms with Crippen LogP contribution in [0.1, 0.15) is 54.8 Å². The van der Waals surface area contributed by atoms with Gasteiger partial charge in [0, 0.05) is 20.1 Å². The summed E-state index contributed by atoms with van der Waals surface area (Å²) in [5.74, 6) is -0.754. The molecule has 2 aromatic carbocycles. The Morgan fingerprint density at radius 2 is 1.71 bits per heavy atom. The van der Waals surface area contributed by atoms with Gasteiger partial charge in [-0.15, -0.1) is 0 Å². The average Bonchev–Trinajstić information content (AvgIpc) is 2.87. The van der Waals surface area contributed by atoms with Crippen LogP contribution >= 0.6 is 0 Å². The SMILES string of the molecule is CN(C(=O)COC(=O)Cc1ccc(S(=O)(=O)N2CCCCC2)cc1)C1CCCc2ccccc21. The monoisotopic (exact) mass is 484 g/mol. The fourth-order valence-electron chi connectivity index (χ4n) is 4.80. The molecular formula is C26H32N2O5S. The fourth-order valence-corrected chi connectivity index (χ4v) is 6.32. The third-order valence-corrected chi connectivity index (χ3v) is 8.69. The van der Waals surface area contributed by atoms with Crippen molar-refractivity contribution < 1.29 is 22.7 Å². The van der Waals surface area contributed by atoms with Crippen LogP contribution in [0.25, 0.3) is 0 Å². The predicted octanol–water partition coefficient (Wildman–Crippen LogP) is 3.48. The molecule has 182 valence electrons. The van der Waals surface area contributed by atoms with Crippen LogP contribution in [0.3, 0.4) is 0 Å². The molecule has 34 heavy (non-hydrogen) atoms. The summed E-state index contributed by atoms with van der Waals surface area (Å²) >= 11 is 0. The van der Waals surface area contributed by atoms with E-state index in [2.05, 4.69) is 12.1 Å². The van der Waals surface area contributed by atoms with Crippen LogP contribution < -0.4 is 0 Å². The molecule has 1 heterocycles. The van der Waals surface area contributed by atoms with Gasteiger partial charge in [0.2, 0.25) is 10.0 Å². The fraction of sp³-hybridized carbons (Fsp3) is 0.462. The van der Waals surface area contributed by atoms with Gasteiger partial charge >= 0.3 is 5.97 Å². The van der Waals surface area contributed by atoms with E-state index < -0.39 is 16.0 Å². The minimum Gasteiger partial charge on any atom is -0.455 e. The van der Waals surface area contributed by atoms with Crippen molar-refractivity contribution in [2.45, 2.75) is 55.9 Å². The first-order valence-electron chi connectivity index (χ1n) is 11.9. The number of rotatable bonds is 7. The molecule has 1 fully saturated rings. The zero-order valence-corrected chi connectivity index (χ0v) is 20.4. The Labute approximate surface area is 201 Å². The summed E-state index contributed by atoms with van der Waals surface area (Å²) in [5.41, 5.74) is 3.07. The zero-order valence-electron chi connectivity index (χ0n) is 19.6. The topological polar surface area (TPSA) is 84.0 Å². The lowest BCUT2D eigenvalue weighted by atomic mass is 9.87. The second kappa shape index (κ2) is 10.7. The molecule has 0 saturated carbocycles. The zero-order chi connectivity index (χ0) is 24.1. The molecule has 0 spiro atoms. The van der Waals surface area contributed by atoms with Gasteiger partial charge < -0.3 is 9.64 Å². The third-order valence-electron chi connectivity index (χ3n) is 6.78. The molecule has 4 rings (SSSR count). The molecule has 1 unspecified atom stereocenters. The van der Waals surface area contributed by atoms with Gasteiger partial charge in [-0.05, 0) is 60.9 Å². The highest BCUT2D eigenvalue weighted by Crippen LogP contribution is 2.33. The van der Waals surface area contributed by atoms with Crippen LogP contribution in [-0.4, -0.2) is 56.2 Å². The van der Waals surface area contributed by atoms with E-state index in [-0.39, 0.29) is 29.9 Å². The highest BCUT2D eigenvalue weighted by Gasteiger charge is 2.28. The van der Waals surface area contributed by atoms with E-state index in [1.165, 1.54) is 22.0 Å². The Hall–Kier alpha value is -2.71. The molecule has 0 aromatic heterocycles. The normalized spacial score (nSPS) is 18.7. The van der Waals surface area contributed by atoms with E-state index in [9.17, 15) is 18.0 Å². The van der Waals surface area contributed by atoms with Gasteiger partial charge in [0.25, 0.3) is 5.91 Å². The molecule has 1 saturated heterocycles. The number of piperidine rings is 1. The Bertz CT molecular complexity index is 1120. The van der Waals surface area contributed by atoms with Crippen molar-refractivity contribution in [1.29, 1.82) is 0 Å². The average molecular weight is 485 g/mol. The van der Waals surface area contributed by atoms with Gasteiger partial charge in [-0.1, -0.05) is 42.8 Å². The van der Waals surface area contributed by atoms with Gasteiger partial charge in [0.1, 0.15) is 0 Å². The van der Waals surface area contributed by atoms with Crippen LogP contribution in [-0.2, 0) is 37.2 Å². The summed E-state index contributed by atoms with van der Waals surface area (Å²) in [6.45, 7) is 0.784. The molecule has 0 radical (unpaired) electrons. The standard InChI is InChI=1S/C26H32N2O5S/c1-27(24-11-7-9-21-8-3-4-10-23(21)24)25(29)19-33-26(30)18-20-12-14-22(15-13-20)34(31,32)28-16-5-2-6-17-28/h3-4,8,10,12-15,24H,2,5-7,9,11,16-19H2,1H3. The molecule has 0 N–H and O–H groups in total. The summed E-state index contributed by atoms with van der Waals surface area (Å²) in [6, 6.07) is 14.5. The molecule has 1 atom stereocenters. The van der Waals surface area contributed by atoms with E-state index in [0.717, 1.165) is 44.1 Å². The molecule has 0 bridgehead atoms. The number of sulfonamides is 1. The lowest BCUT2D eigenvalue weighted by Crippen LogP contribution is -2.36. The first-order valence-corrected chi connectivity index (χ1v) is 13.4. The van der Waals surface area contributed by atoms with Crippen LogP contribution in [0.15, 0.2) is 53.4 Å². The van der Waals surface area contributed by atoms with Crippen molar-refractivity contribution in [2.24, 2.45) is 0 Å². The summed E-state index contributed by atoms with van der Waals surface area (Å²) in [7, 11) is -1.75. The number of aryl methyl sites for hydroxylation is 1. The first kappa shape index (κ1) is 24.4. The van der Waals surface area contributed by atoms with E-state index >= 15 is 0 Å². The van der Waals surface area contributed by atoms with Crippen LogP contribution in [0.5, 0.6) is 0 Å². The van der Waals surface area contributed by atoms with Gasteiger partial charge in [-0.3, -0.25) is 9.59 Å². The van der Waals surface area contributed by atoms with Gasteiger partial charge in [0.05, 0.1) is 17.4 Å². The minimum absolute atomic E-state index is 0.00875. The Morgan fingerprint density at radius 3 is 2.44 bits per heavy atom. The van der Waals surface area contributed by atoms with Gasteiger partial charge in [-0.2, -0.15) is 4.31 Å². The van der Waals surface area contributed by atoms with Crippen molar-refractivity contribution in [3.63, 3.8) is 0 Å². The van der Waals surface area contributed by atoms with Crippen molar-refractivity contribution in [3.05, 3.63) is 65.2 Å². The second-order valence-corrected chi connectivity index (χ2v) is 11.0. The lowest BCUT2D eigenvalue weighted by molar-refractivity contribution is -0.152. The van der Waals surface area contributed by atoms with Crippen LogP contribution in [0.2, 0.25) is 0 Å². The number of hydrogen-bond acceptors (Lipinski definition) is 5. The smallest absolute Gasteiger partial charge is 0.310 e. The number of nitrogens with zero attached hydrogens (tertiary/aromatic N) is 2. The van der Waals surface area contributed by atoms with Crippen molar-refractivity contribution in [3.8, 4) is 0 Å². The highest BCUT2D eigenvalue weighted by atomic mass is 32.2. The highest BCUT2D eigenvalue weighted by molar-refractivity contribution is 7.89. The molecule has 8 heteroatoms. The number of hydrogen-bond donors (Lipinski definition) is 0. The molecule has 1 aliphatic carbocycles. The summed E-state index contributed by atoms with van der Waals surface area (Å²) in [5, 5.41) is 0. The molecular weight excluding hydrogens is 452 g/mol. The van der Waals surface area contributed by atoms with E-state index in [1.807, 2.05) is 12.1 Å². The molecule has 1 aliphatic heterocycles. The maximum absolute atomic E-state index is 12.8. The molecule has 1 amide bonds. The minimum atomic E-state index is -3.50. The number of fused-ring (bicyclic) bond motifs is 1. The van der Waals surface area contributed by atoms with E-state index in [1.54, 1.807) is 24.1 Å². The largest absolute Gasteiger partial charge is 0.455 e. The summed E-state index contributed by atoms with van der Waals surface area (Å²) < 4.78 is 32.3. The number of esters is 1. The van der Waals surface area contributed by atoms with E-state index in [0.29, 0.717) is 18.7 Å². The van der Waals surface area contributed by atoms with Gasteiger partial charge in [-0.25, -0.2) is 8.42 Å².